The minimum absolute atomic E-state index is 0.0282. The fourth-order valence-electron chi connectivity index (χ4n) is 1.47. The molecular formula is C10H7F3N2O. The summed E-state index contributed by atoms with van der Waals surface area (Å²) in [7, 11) is 0. The summed E-state index contributed by atoms with van der Waals surface area (Å²) in [6.45, 7) is 0. The molecule has 0 atom stereocenters. The van der Waals surface area contributed by atoms with Crippen molar-refractivity contribution in [3.8, 4) is 0 Å². The number of aromatic nitrogens is 2. The van der Waals surface area contributed by atoms with Crippen molar-refractivity contribution in [2.24, 2.45) is 0 Å². The molecule has 0 saturated carbocycles. The summed E-state index contributed by atoms with van der Waals surface area (Å²) in [6.07, 6.45) is -1.79. The highest BCUT2D eigenvalue weighted by atomic mass is 19.4. The van der Waals surface area contributed by atoms with Crippen LogP contribution < -0.4 is 0 Å². The Balaban J connectivity index is 2.37. The smallest absolute Gasteiger partial charge is 0.360 e. The lowest BCUT2D eigenvalue weighted by Crippen LogP contribution is -2.14. The Morgan fingerprint density at radius 1 is 1.44 bits per heavy atom. The Labute approximate surface area is 88.3 Å². The number of pyridine rings is 1. The Kier molecular flexibility index (Phi) is 2.41. The molecule has 6 heteroatoms. The average Bonchev–Trinajstić information content (AvgIpc) is 2.58. The molecule has 0 amide bonds. The van der Waals surface area contributed by atoms with Gasteiger partial charge in [-0.2, -0.15) is 13.2 Å². The second kappa shape index (κ2) is 3.62. The van der Waals surface area contributed by atoms with Crippen molar-refractivity contribution in [2.45, 2.75) is 12.6 Å². The van der Waals surface area contributed by atoms with E-state index >= 15 is 0 Å². The van der Waals surface area contributed by atoms with E-state index in [-0.39, 0.29) is 5.56 Å². The number of Topliss-reactive ketones (excluding diaryl/α,β-unsaturated/α-hetero) is 1. The zero-order chi connectivity index (χ0) is 11.8. The third kappa shape index (κ3) is 2.05. The van der Waals surface area contributed by atoms with Crippen molar-refractivity contribution in [2.75, 3.05) is 0 Å². The van der Waals surface area contributed by atoms with Gasteiger partial charge in [-0.15, -0.1) is 0 Å². The van der Waals surface area contributed by atoms with Gasteiger partial charge in [0, 0.05) is 35.1 Å². The van der Waals surface area contributed by atoms with E-state index in [0.717, 1.165) is 0 Å². The van der Waals surface area contributed by atoms with Gasteiger partial charge in [-0.25, -0.2) is 0 Å². The van der Waals surface area contributed by atoms with Crippen molar-refractivity contribution in [1.82, 2.24) is 9.97 Å². The van der Waals surface area contributed by atoms with E-state index in [1.165, 1.54) is 18.6 Å². The lowest BCUT2D eigenvalue weighted by Gasteiger charge is -2.03. The first-order valence-electron chi connectivity index (χ1n) is 4.48. The lowest BCUT2D eigenvalue weighted by molar-refractivity contribution is -0.125. The molecule has 2 rings (SSSR count). The van der Waals surface area contributed by atoms with Crippen LogP contribution in [0.1, 0.15) is 16.8 Å². The summed E-state index contributed by atoms with van der Waals surface area (Å²) in [5.41, 5.74) is 0.626. The first kappa shape index (κ1) is 10.7. The fourth-order valence-corrected chi connectivity index (χ4v) is 1.47. The third-order valence-corrected chi connectivity index (χ3v) is 2.14. The summed E-state index contributed by atoms with van der Waals surface area (Å²) in [6, 6.07) is 1.60. The Morgan fingerprint density at radius 3 is 2.88 bits per heavy atom. The van der Waals surface area contributed by atoms with Gasteiger partial charge in [-0.1, -0.05) is 0 Å². The summed E-state index contributed by atoms with van der Waals surface area (Å²) < 4.78 is 36.2. The quantitative estimate of drug-likeness (QED) is 0.803. The molecule has 0 aliphatic carbocycles. The molecule has 16 heavy (non-hydrogen) atoms. The van der Waals surface area contributed by atoms with Crippen LogP contribution in [0.15, 0.2) is 24.7 Å². The molecule has 84 valence electrons. The van der Waals surface area contributed by atoms with Crippen LogP contribution in [0.2, 0.25) is 0 Å². The van der Waals surface area contributed by atoms with Crippen LogP contribution in [-0.2, 0) is 0 Å². The minimum atomic E-state index is -4.48. The summed E-state index contributed by atoms with van der Waals surface area (Å²) in [5, 5.41) is 0.414. The lowest BCUT2D eigenvalue weighted by atomic mass is 10.1. The first-order valence-corrected chi connectivity index (χ1v) is 4.48. The van der Waals surface area contributed by atoms with Crippen LogP contribution in [0, 0.1) is 0 Å². The Morgan fingerprint density at radius 2 is 2.19 bits per heavy atom. The molecule has 0 fully saturated rings. The molecule has 0 aliphatic heterocycles. The van der Waals surface area contributed by atoms with E-state index in [0.29, 0.717) is 10.9 Å². The predicted octanol–water partition coefficient (Wildman–Crippen LogP) is 2.70. The van der Waals surface area contributed by atoms with E-state index in [1.807, 2.05) is 0 Å². The highest BCUT2D eigenvalue weighted by molar-refractivity contribution is 6.07. The molecule has 0 aromatic carbocycles. The number of ketones is 1. The zero-order valence-electron chi connectivity index (χ0n) is 8.01. The van der Waals surface area contributed by atoms with Gasteiger partial charge in [0.05, 0.1) is 0 Å². The maximum atomic E-state index is 12.1. The molecule has 0 unspecified atom stereocenters. The van der Waals surface area contributed by atoms with E-state index in [1.54, 1.807) is 6.07 Å². The molecule has 2 heterocycles. The van der Waals surface area contributed by atoms with Crippen LogP contribution in [0.3, 0.4) is 0 Å². The molecule has 2 aromatic rings. The van der Waals surface area contributed by atoms with E-state index in [2.05, 4.69) is 9.97 Å². The molecule has 0 radical (unpaired) electrons. The molecule has 0 aliphatic rings. The van der Waals surface area contributed by atoms with Crippen LogP contribution >= 0.6 is 0 Å². The summed E-state index contributed by atoms with van der Waals surface area (Å²) in [4.78, 5) is 17.9. The maximum Gasteiger partial charge on any atom is 0.396 e. The van der Waals surface area contributed by atoms with Crippen molar-refractivity contribution in [1.29, 1.82) is 0 Å². The number of aromatic amines is 1. The SMILES string of the molecule is O=C(CC(F)(F)F)c1c[nH]c2ccncc12. The number of fused-ring (bicyclic) bond motifs is 1. The molecule has 3 nitrogen and oxygen atoms in total. The number of nitrogens with one attached hydrogen (secondary N) is 1. The van der Waals surface area contributed by atoms with Crippen molar-refractivity contribution >= 4 is 16.7 Å². The average molecular weight is 228 g/mol. The molecule has 0 saturated heterocycles. The zero-order valence-corrected chi connectivity index (χ0v) is 8.01. The largest absolute Gasteiger partial charge is 0.396 e. The monoisotopic (exact) mass is 228 g/mol. The second-order valence-corrected chi connectivity index (χ2v) is 3.34. The van der Waals surface area contributed by atoms with Crippen LogP contribution in [0.4, 0.5) is 13.2 Å². The number of hydrogen-bond donors (Lipinski definition) is 1. The third-order valence-electron chi connectivity index (χ3n) is 2.14. The summed E-state index contributed by atoms with van der Waals surface area (Å²) in [5.74, 6) is -0.952. The molecule has 1 N–H and O–H groups in total. The number of rotatable bonds is 2. The highest BCUT2D eigenvalue weighted by Crippen LogP contribution is 2.25. The van der Waals surface area contributed by atoms with Crippen LogP contribution in [0.25, 0.3) is 10.9 Å². The molecule has 2 aromatic heterocycles. The number of alkyl halides is 3. The minimum Gasteiger partial charge on any atom is -0.360 e. The summed E-state index contributed by atoms with van der Waals surface area (Å²) >= 11 is 0. The van der Waals surface area contributed by atoms with Crippen molar-refractivity contribution < 1.29 is 18.0 Å². The number of H-pyrrole nitrogens is 1. The number of hydrogen-bond acceptors (Lipinski definition) is 2. The number of halogens is 3. The Hall–Kier alpha value is -1.85. The first-order chi connectivity index (χ1) is 7.47. The molecule has 0 bridgehead atoms. The number of carbonyl (C=O) groups excluding carboxylic acids is 1. The maximum absolute atomic E-state index is 12.1. The van der Waals surface area contributed by atoms with Gasteiger partial charge in [0.15, 0.2) is 5.78 Å². The number of nitrogens with zero attached hydrogens (tertiary/aromatic N) is 1. The normalized spacial score (nSPS) is 11.9. The van der Waals surface area contributed by atoms with E-state index in [4.69, 9.17) is 0 Å². The van der Waals surface area contributed by atoms with E-state index < -0.39 is 18.4 Å². The van der Waals surface area contributed by atoms with E-state index in [9.17, 15) is 18.0 Å². The van der Waals surface area contributed by atoms with Gasteiger partial charge in [-0.3, -0.25) is 9.78 Å². The van der Waals surface area contributed by atoms with Gasteiger partial charge >= 0.3 is 6.18 Å². The fraction of sp³-hybridized carbons (Fsp3) is 0.200. The van der Waals surface area contributed by atoms with Crippen LogP contribution in [0.5, 0.6) is 0 Å². The second-order valence-electron chi connectivity index (χ2n) is 3.34. The topological polar surface area (TPSA) is 45.8 Å². The van der Waals surface area contributed by atoms with Gasteiger partial charge in [0.1, 0.15) is 6.42 Å². The van der Waals surface area contributed by atoms with Crippen molar-refractivity contribution in [3.05, 3.63) is 30.2 Å². The highest BCUT2D eigenvalue weighted by Gasteiger charge is 2.32. The molecule has 0 spiro atoms. The Bertz CT molecular complexity index is 530. The van der Waals surface area contributed by atoms with Gasteiger partial charge in [0.25, 0.3) is 0 Å². The standard InChI is InChI=1S/C10H7F3N2O/c11-10(12,13)3-9(16)7-5-15-8-1-2-14-4-6(7)8/h1-2,4-5,15H,3H2. The van der Waals surface area contributed by atoms with Gasteiger partial charge in [-0.05, 0) is 6.07 Å². The van der Waals surface area contributed by atoms with Gasteiger partial charge < -0.3 is 4.98 Å². The molecular weight excluding hydrogens is 221 g/mol. The number of carbonyl (C=O) groups is 1. The van der Waals surface area contributed by atoms with Crippen molar-refractivity contribution in [3.63, 3.8) is 0 Å². The predicted molar refractivity (Wildman–Crippen MR) is 51.1 cm³/mol. The van der Waals surface area contributed by atoms with Gasteiger partial charge in [0.2, 0.25) is 0 Å². The van der Waals surface area contributed by atoms with Crippen LogP contribution in [-0.4, -0.2) is 21.9 Å².